The van der Waals surface area contributed by atoms with Crippen molar-refractivity contribution < 1.29 is 4.79 Å². The highest BCUT2D eigenvalue weighted by molar-refractivity contribution is 6.33. The number of nitrogens with one attached hydrogen (secondary N) is 2. The summed E-state index contributed by atoms with van der Waals surface area (Å²) in [6.07, 6.45) is 9.00. The van der Waals surface area contributed by atoms with Gasteiger partial charge in [0, 0.05) is 42.3 Å². The molecule has 1 saturated carbocycles. The van der Waals surface area contributed by atoms with Gasteiger partial charge < -0.3 is 10.3 Å². The first kappa shape index (κ1) is 18.6. The quantitative estimate of drug-likeness (QED) is 0.494. The van der Waals surface area contributed by atoms with Gasteiger partial charge in [-0.2, -0.15) is 5.10 Å². The van der Waals surface area contributed by atoms with Crippen LogP contribution in [0.1, 0.15) is 18.4 Å². The lowest BCUT2D eigenvalue weighted by Gasteiger charge is -2.09. The van der Waals surface area contributed by atoms with Crippen molar-refractivity contribution in [1.82, 2.24) is 24.7 Å². The summed E-state index contributed by atoms with van der Waals surface area (Å²) >= 11 is 6.46. The normalized spacial score (nSPS) is 13.4. The Morgan fingerprint density at radius 1 is 1.23 bits per heavy atom. The lowest BCUT2D eigenvalue weighted by molar-refractivity contribution is -0.117. The number of imidazole rings is 1. The molecule has 0 unspecified atom stereocenters. The molecule has 8 heteroatoms. The van der Waals surface area contributed by atoms with E-state index in [0.717, 1.165) is 40.9 Å². The Morgan fingerprint density at radius 2 is 2.07 bits per heavy atom. The fraction of sp³-hybridized carbons (Fsp3) is 0.182. The van der Waals surface area contributed by atoms with Crippen LogP contribution in [0.2, 0.25) is 5.02 Å². The van der Waals surface area contributed by atoms with Gasteiger partial charge in [-0.05, 0) is 31.4 Å². The molecule has 1 aliphatic carbocycles. The fourth-order valence-corrected chi connectivity index (χ4v) is 3.56. The summed E-state index contributed by atoms with van der Waals surface area (Å²) in [4.78, 5) is 24.0. The number of amides is 1. The largest absolute Gasteiger partial charge is 0.345 e. The van der Waals surface area contributed by atoms with Crippen LogP contribution in [-0.2, 0) is 4.79 Å². The monoisotopic (exact) mass is 418 g/mol. The van der Waals surface area contributed by atoms with Crippen molar-refractivity contribution in [2.75, 3.05) is 5.32 Å². The van der Waals surface area contributed by atoms with Crippen molar-refractivity contribution in [2.45, 2.75) is 19.8 Å². The maximum Gasteiger partial charge on any atom is 0.228 e. The van der Waals surface area contributed by atoms with Crippen LogP contribution in [0.5, 0.6) is 0 Å². The highest BCUT2D eigenvalue weighted by atomic mass is 35.5. The van der Waals surface area contributed by atoms with E-state index < -0.39 is 0 Å². The van der Waals surface area contributed by atoms with Crippen molar-refractivity contribution in [3.05, 3.63) is 65.7 Å². The van der Waals surface area contributed by atoms with E-state index in [1.807, 2.05) is 43.5 Å². The lowest BCUT2D eigenvalue weighted by atomic mass is 10.1. The molecule has 1 fully saturated rings. The van der Waals surface area contributed by atoms with Crippen LogP contribution in [0.25, 0.3) is 28.3 Å². The minimum Gasteiger partial charge on any atom is -0.345 e. The number of benzene rings is 1. The van der Waals surface area contributed by atoms with Crippen LogP contribution in [-0.4, -0.2) is 30.6 Å². The summed E-state index contributed by atoms with van der Waals surface area (Å²) in [5.74, 6) is 1.34. The molecule has 5 rings (SSSR count). The number of aryl methyl sites for hydroxylation is 1. The zero-order valence-corrected chi connectivity index (χ0v) is 17.0. The second-order valence-electron chi connectivity index (χ2n) is 7.37. The Balaban J connectivity index is 1.61. The molecule has 150 valence electrons. The summed E-state index contributed by atoms with van der Waals surface area (Å²) in [6.45, 7) is 1.96. The van der Waals surface area contributed by atoms with Gasteiger partial charge in [0.25, 0.3) is 0 Å². The molecule has 0 spiro atoms. The molecule has 2 N–H and O–H groups in total. The molecule has 0 bridgehead atoms. The van der Waals surface area contributed by atoms with Crippen LogP contribution >= 0.6 is 11.6 Å². The lowest BCUT2D eigenvalue weighted by Crippen LogP contribution is -2.15. The zero-order valence-electron chi connectivity index (χ0n) is 16.3. The van der Waals surface area contributed by atoms with Crippen LogP contribution in [0.3, 0.4) is 0 Å². The summed E-state index contributed by atoms with van der Waals surface area (Å²) in [5, 5.41) is 8.34. The molecule has 7 nitrogen and oxygen atoms in total. The number of carbonyl (C=O) groups excluding carboxylic acids is 1. The van der Waals surface area contributed by atoms with E-state index in [2.05, 4.69) is 20.3 Å². The van der Waals surface area contributed by atoms with E-state index in [0.29, 0.717) is 16.7 Å². The van der Waals surface area contributed by atoms with Gasteiger partial charge in [-0.25, -0.2) is 14.6 Å². The van der Waals surface area contributed by atoms with Crippen molar-refractivity contribution >= 4 is 23.3 Å². The maximum atomic E-state index is 12.1. The molecule has 30 heavy (non-hydrogen) atoms. The van der Waals surface area contributed by atoms with Crippen molar-refractivity contribution in [1.29, 1.82) is 0 Å². The first-order valence-electron chi connectivity index (χ1n) is 9.72. The number of pyridine rings is 1. The molecular weight excluding hydrogens is 400 g/mol. The molecular formula is C22H19ClN6O. The number of halogens is 1. The Labute approximate surface area is 178 Å². The van der Waals surface area contributed by atoms with E-state index >= 15 is 0 Å². The predicted octanol–water partition coefficient (Wildman–Crippen LogP) is 4.63. The first-order chi connectivity index (χ1) is 14.6. The minimum atomic E-state index is 0.0193. The smallest absolute Gasteiger partial charge is 0.228 e. The third-order valence-electron chi connectivity index (χ3n) is 5.12. The summed E-state index contributed by atoms with van der Waals surface area (Å²) in [6, 6.07) is 9.42. The standard InChI is InChI=1S/C22H19ClN6O/c1-13-11-26-19(27-22(30)14-6-7-14)10-18(13)29-12-16(21-24-8-9-25-21)20(28-29)15-4-2-3-5-17(15)23/h2-5,8-12,14H,6-7H2,1H3,(H,24,25)(H,26,27,30). The molecule has 1 aliphatic rings. The van der Waals surface area contributed by atoms with Crippen molar-refractivity contribution in [3.63, 3.8) is 0 Å². The number of anilines is 1. The second-order valence-corrected chi connectivity index (χ2v) is 7.78. The van der Waals surface area contributed by atoms with Crippen molar-refractivity contribution in [2.24, 2.45) is 5.92 Å². The van der Waals surface area contributed by atoms with Gasteiger partial charge in [0.15, 0.2) is 0 Å². The number of nitrogens with zero attached hydrogens (tertiary/aromatic N) is 4. The molecule has 1 amide bonds. The van der Waals surface area contributed by atoms with Crippen LogP contribution in [0.15, 0.2) is 55.1 Å². The van der Waals surface area contributed by atoms with Crippen LogP contribution in [0, 0.1) is 12.8 Å². The average Bonchev–Trinajstić information content (AvgIpc) is 3.28. The Hall–Kier alpha value is -3.45. The number of H-pyrrole nitrogens is 1. The van der Waals surface area contributed by atoms with Gasteiger partial charge in [0.2, 0.25) is 5.91 Å². The summed E-state index contributed by atoms with van der Waals surface area (Å²) < 4.78 is 1.78. The number of aromatic amines is 1. The Bertz CT molecular complexity index is 1230. The molecule has 3 aromatic heterocycles. The fourth-order valence-electron chi connectivity index (χ4n) is 3.34. The number of carbonyl (C=O) groups is 1. The summed E-state index contributed by atoms with van der Waals surface area (Å²) in [7, 11) is 0. The molecule has 0 saturated heterocycles. The molecule has 4 aromatic rings. The minimum absolute atomic E-state index is 0.0193. The number of hydrogen-bond acceptors (Lipinski definition) is 4. The highest BCUT2D eigenvalue weighted by Crippen LogP contribution is 2.35. The van der Waals surface area contributed by atoms with Gasteiger partial charge in [-0.1, -0.05) is 29.8 Å². The van der Waals surface area contributed by atoms with Gasteiger partial charge in [0.05, 0.1) is 16.3 Å². The number of hydrogen-bond donors (Lipinski definition) is 2. The van der Waals surface area contributed by atoms with E-state index in [-0.39, 0.29) is 11.8 Å². The van der Waals surface area contributed by atoms with E-state index in [4.69, 9.17) is 16.7 Å². The molecule has 3 heterocycles. The zero-order chi connectivity index (χ0) is 20.7. The Kier molecular flexibility index (Phi) is 4.59. The SMILES string of the molecule is Cc1cnc(NC(=O)C2CC2)cc1-n1cc(-c2ncc[nH]2)c(-c2ccccc2Cl)n1. The third kappa shape index (κ3) is 3.48. The average molecular weight is 419 g/mol. The topological polar surface area (TPSA) is 88.5 Å². The molecule has 0 aliphatic heterocycles. The highest BCUT2D eigenvalue weighted by Gasteiger charge is 2.30. The van der Waals surface area contributed by atoms with Gasteiger partial charge in [0.1, 0.15) is 17.3 Å². The van der Waals surface area contributed by atoms with Gasteiger partial charge in [-0.15, -0.1) is 0 Å². The molecule has 0 atom stereocenters. The molecule has 0 radical (unpaired) electrons. The van der Waals surface area contributed by atoms with E-state index in [1.54, 1.807) is 23.3 Å². The summed E-state index contributed by atoms with van der Waals surface area (Å²) in [5.41, 5.74) is 4.11. The predicted molar refractivity (Wildman–Crippen MR) is 115 cm³/mol. The number of aromatic nitrogens is 5. The Morgan fingerprint density at radius 3 is 2.80 bits per heavy atom. The first-order valence-corrected chi connectivity index (χ1v) is 10.1. The van der Waals surface area contributed by atoms with Crippen LogP contribution < -0.4 is 5.32 Å². The van der Waals surface area contributed by atoms with Gasteiger partial charge in [-0.3, -0.25) is 4.79 Å². The number of rotatable bonds is 5. The van der Waals surface area contributed by atoms with E-state index in [1.165, 1.54) is 0 Å². The van der Waals surface area contributed by atoms with Crippen LogP contribution in [0.4, 0.5) is 5.82 Å². The third-order valence-corrected chi connectivity index (χ3v) is 5.45. The molecule has 1 aromatic carbocycles. The van der Waals surface area contributed by atoms with Gasteiger partial charge >= 0.3 is 0 Å². The van der Waals surface area contributed by atoms with Crippen molar-refractivity contribution in [3.8, 4) is 28.3 Å². The maximum absolute atomic E-state index is 12.1. The van der Waals surface area contributed by atoms with E-state index in [9.17, 15) is 4.79 Å². The second kappa shape index (κ2) is 7.42.